The Morgan fingerprint density at radius 3 is 2.80 bits per heavy atom. The first-order valence-electron chi connectivity index (χ1n) is 6.18. The molecule has 0 fully saturated rings. The van der Waals surface area contributed by atoms with Crippen LogP contribution in [-0.4, -0.2) is 10.1 Å². The molecule has 0 amide bonds. The van der Waals surface area contributed by atoms with Crippen LogP contribution in [-0.2, 0) is 0 Å². The molecule has 4 heteroatoms. The van der Waals surface area contributed by atoms with Crippen LogP contribution in [0, 0.1) is 0 Å². The summed E-state index contributed by atoms with van der Waals surface area (Å²) in [6, 6.07) is 13.6. The molecule has 0 bridgehead atoms. The molecule has 0 unspecified atom stereocenters. The van der Waals surface area contributed by atoms with Gasteiger partial charge in [-0.1, -0.05) is 24.3 Å². The molecule has 1 N–H and O–H groups in total. The number of nitrogens with zero attached hydrogens (tertiary/aromatic N) is 1. The van der Waals surface area contributed by atoms with Crippen molar-refractivity contribution in [2.24, 2.45) is 0 Å². The third-order valence-corrected chi connectivity index (χ3v) is 3.36. The molecule has 1 heterocycles. The van der Waals surface area contributed by atoms with Crippen LogP contribution in [0.1, 0.15) is 0 Å². The molecule has 0 radical (unpaired) electrons. The number of aromatic nitrogens is 1. The van der Waals surface area contributed by atoms with E-state index in [9.17, 15) is 9.90 Å². The van der Waals surface area contributed by atoms with E-state index in [-0.39, 0.29) is 11.2 Å². The molecule has 0 saturated heterocycles. The van der Waals surface area contributed by atoms with Gasteiger partial charge in [-0.15, -0.1) is 0 Å². The number of benzene rings is 3. The van der Waals surface area contributed by atoms with Gasteiger partial charge in [0.15, 0.2) is 16.8 Å². The van der Waals surface area contributed by atoms with Gasteiger partial charge in [-0.05, 0) is 18.2 Å². The van der Waals surface area contributed by atoms with Crippen molar-refractivity contribution in [3.8, 4) is 17.2 Å². The Hall–Kier alpha value is -2.88. The van der Waals surface area contributed by atoms with Crippen molar-refractivity contribution in [3.63, 3.8) is 0 Å². The lowest BCUT2D eigenvalue weighted by atomic mass is 10.0. The maximum atomic E-state index is 12.1. The Morgan fingerprint density at radius 1 is 1.05 bits per heavy atom. The van der Waals surface area contributed by atoms with Gasteiger partial charge in [0, 0.05) is 11.5 Å². The standard InChI is InChI=1S/C16H9NO3/c18-11-6-3-4-9-12(19)8-14-16(15(9)11)17-10-5-1-2-7-13(10)20-14/h1-8,18H. The van der Waals surface area contributed by atoms with Gasteiger partial charge in [-0.2, -0.15) is 0 Å². The van der Waals surface area contributed by atoms with Crippen molar-refractivity contribution in [3.05, 3.63) is 58.8 Å². The number of fused-ring (bicyclic) bond motifs is 4. The van der Waals surface area contributed by atoms with Crippen LogP contribution in [0.5, 0.6) is 5.75 Å². The molecule has 2 aromatic carbocycles. The molecule has 2 aromatic rings. The molecular formula is C16H9NO3. The molecule has 0 spiro atoms. The lowest BCUT2D eigenvalue weighted by Gasteiger charge is -2.10. The zero-order chi connectivity index (χ0) is 13.7. The van der Waals surface area contributed by atoms with Gasteiger partial charge in [-0.3, -0.25) is 4.79 Å². The molecule has 1 aliphatic heterocycles. The molecule has 2 aliphatic rings. The summed E-state index contributed by atoms with van der Waals surface area (Å²) in [4.78, 5) is 16.6. The predicted molar refractivity (Wildman–Crippen MR) is 76.1 cm³/mol. The summed E-state index contributed by atoms with van der Waals surface area (Å²) in [5, 5.41) is 10.9. The summed E-state index contributed by atoms with van der Waals surface area (Å²) in [5.74, 6) is 0.408. The van der Waals surface area contributed by atoms with Gasteiger partial charge in [0.1, 0.15) is 17.0 Å². The van der Waals surface area contributed by atoms with Gasteiger partial charge in [-0.25, -0.2) is 4.98 Å². The molecule has 4 rings (SSSR count). The Labute approximate surface area is 113 Å². The molecule has 4 nitrogen and oxygen atoms in total. The van der Waals surface area contributed by atoms with Gasteiger partial charge in [0.05, 0.1) is 5.39 Å². The van der Waals surface area contributed by atoms with E-state index < -0.39 is 0 Å². The summed E-state index contributed by atoms with van der Waals surface area (Å²) in [6.45, 7) is 0. The smallest absolute Gasteiger partial charge is 0.190 e. The second-order valence-corrected chi connectivity index (χ2v) is 4.60. The summed E-state index contributed by atoms with van der Waals surface area (Å²) in [6.07, 6.45) is 0. The number of hydrogen-bond donors (Lipinski definition) is 1. The highest BCUT2D eigenvalue weighted by Gasteiger charge is 2.17. The van der Waals surface area contributed by atoms with Gasteiger partial charge >= 0.3 is 0 Å². The number of rotatable bonds is 0. The third kappa shape index (κ3) is 1.42. The number of aromatic hydroxyl groups is 1. The molecular weight excluding hydrogens is 254 g/mol. The largest absolute Gasteiger partial charge is 0.507 e. The first kappa shape index (κ1) is 11.0. The SMILES string of the molecule is O=c1cc2oc3ccccc3nc-2c2c(O)cccc12. The van der Waals surface area contributed by atoms with Gasteiger partial charge in [0.2, 0.25) is 0 Å². The molecule has 0 aromatic heterocycles. The molecule has 20 heavy (non-hydrogen) atoms. The summed E-state index contributed by atoms with van der Waals surface area (Å²) >= 11 is 0. The zero-order valence-electron chi connectivity index (χ0n) is 10.3. The second kappa shape index (κ2) is 3.81. The van der Waals surface area contributed by atoms with Crippen LogP contribution in [0.3, 0.4) is 0 Å². The Morgan fingerprint density at radius 2 is 1.90 bits per heavy atom. The van der Waals surface area contributed by atoms with Crippen molar-refractivity contribution < 1.29 is 9.52 Å². The van der Waals surface area contributed by atoms with E-state index in [0.29, 0.717) is 33.3 Å². The Kier molecular flexibility index (Phi) is 2.09. The highest BCUT2D eigenvalue weighted by molar-refractivity contribution is 6.00. The van der Waals surface area contributed by atoms with Crippen LogP contribution in [0.15, 0.2) is 57.7 Å². The maximum Gasteiger partial charge on any atom is 0.190 e. The third-order valence-electron chi connectivity index (χ3n) is 3.36. The summed E-state index contributed by atoms with van der Waals surface area (Å²) in [7, 11) is 0. The van der Waals surface area contributed by atoms with Crippen LogP contribution in [0.4, 0.5) is 0 Å². The topological polar surface area (TPSA) is 63.3 Å². The molecule has 0 atom stereocenters. The predicted octanol–water partition coefficient (Wildman–Crippen LogP) is 3.15. The lowest BCUT2D eigenvalue weighted by Crippen LogP contribution is -2.03. The van der Waals surface area contributed by atoms with Crippen molar-refractivity contribution >= 4 is 21.9 Å². The van der Waals surface area contributed by atoms with Crippen LogP contribution in [0.2, 0.25) is 0 Å². The van der Waals surface area contributed by atoms with E-state index in [1.54, 1.807) is 18.2 Å². The minimum atomic E-state index is -0.191. The second-order valence-electron chi connectivity index (χ2n) is 4.60. The Bertz CT molecular complexity index is 988. The fraction of sp³-hybridized carbons (Fsp3) is 0. The monoisotopic (exact) mass is 263 g/mol. The number of hydrogen-bond acceptors (Lipinski definition) is 4. The normalized spacial score (nSPS) is 11.4. The van der Waals surface area contributed by atoms with Crippen LogP contribution in [0.25, 0.3) is 33.3 Å². The first-order valence-corrected chi connectivity index (χ1v) is 6.18. The number of phenolic OH excluding ortho intramolecular Hbond substituents is 1. The minimum absolute atomic E-state index is 0.0307. The quantitative estimate of drug-likeness (QED) is 0.391. The lowest BCUT2D eigenvalue weighted by molar-refractivity contribution is 0.481. The molecule has 96 valence electrons. The van der Waals surface area contributed by atoms with E-state index in [4.69, 9.17) is 4.42 Å². The van der Waals surface area contributed by atoms with E-state index in [1.807, 2.05) is 18.2 Å². The van der Waals surface area contributed by atoms with E-state index >= 15 is 0 Å². The summed E-state index contributed by atoms with van der Waals surface area (Å²) < 4.78 is 5.72. The maximum absolute atomic E-state index is 12.1. The average Bonchev–Trinajstić information content (AvgIpc) is 2.46. The fourth-order valence-corrected chi connectivity index (χ4v) is 2.45. The van der Waals surface area contributed by atoms with Crippen molar-refractivity contribution in [2.75, 3.05) is 0 Å². The highest BCUT2D eigenvalue weighted by atomic mass is 16.3. The van der Waals surface area contributed by atoms with E-state index in [2.05, 4.69) is 4.98 Å². The number of para-hydroxylation sites is 2. The Balaban J connectivity index is 2.32. The van der Waals surface area contributed by atoms with Crippen molar-refractivity contribution in [1.82, 2.24) is 4.98 Å². The van der Waals surface area contributed by atoms with Crippen molar-refractivity contribution in [2.45, 2.75) is 0 Å². The zero-order valence-corrected chi connectivity index (χ0v) is 10.3. The fourth-order valence-electron chi connectivity index (χ4n) is 2.45. The van der Waals surface area contributed by atoms with Crippen LogP contribution >= 0.6 is 0 Å². The average molecular weight is 263 g/mol. The molecule has 0 saturated carbocycles. The first-order chi connectivity index (χ1) is 9.74. The van der Waals surface area contributed by atoms with Crippen molar-refractivity contribution in [1.29, 1.82) is 0 Å². The van der Waals surface area contributed by atoms with E-state index in [0.717, 1.165) is 0 Å². The minimum Gasteiger partial charge on any atom is -0.507 e. The van der Waals surface area contributed by atoms with E-state index in [1.165, 1.54) is 12.1 Å². The number of phenols is 1. The molecule has 1 aliphatic carbocycles. The summed E-state index contributed by atoms with van der Waals surface area (Å²) in [5.41, 5.74) is 1.60. The van der Waals surface area contributed by atoms with Gasteiger partial charge in [0.25, 0.3) is 0 Å². The van der Waals surface area contributed by atoms with Crippen LogP contribution < -0.4 is 5.43 Å². The van der Waals surface area contributed by atoms with Gasteiger partial charge < -0.3 is 9.52 Å². The highest BCUT2D eigenvalue weighted by Crippen LogP contribution is 2.34.